The Morgan fingerprint density at radius 1 is 1.09 bits per heavy atom. The number of carbonyl (C=O) groups is 2. The fourth-order valence-electron chi connectivity index (χ4n) is 4.08. The lowest BCUT2D eigenvalue weighted by Gasteiger charge is -2.29. The zero-order valence-electron chi connectivity index (χ0n) is 19.4. The SMILES string of the molecule is Cc1ccc(CN(C(=O)COc2cc(C)c(Cl)c(C)c2)C(C)C(=O)NC2CCCC2)cc1. The molecule has 0 aromatic heterocycles. The lowest BCUT2D eigenvalue weighted by Crippen LogP contribution is -2.50. The van der Waals surface area contributed by atoms with Gasteiger partial charge in [-0.3, -0.25) is 9.59 Å². The standard InChI is InChI=1S/C26H33ClN2O3/c1-17-9-11-21(12-10-17)15-29(20(4)26(31)28-22-7-5-6-8-22)24(30)16-32-23-13-18(2)25(27)19(3)14-23/h9-14,20,22H,5-8,15-16H2,1-4H3,(H,28,31). The molecule has 0 radical (unpaired) electrons. The van der Waals surface area contributed by atoms with Crippen LogP contribution in [0.2, 0.25) is 5.02 Å². The van der Waals surface area contributed by atoms with Gasteiger partial charge in [0, 0.05) is 17.6 Å². The summed E-state index contributed by atoms with van der Waals surface area (Å²) in [5, 5.41) is 3.81. The van der Waals surface area contributed by atoms with Crippen LogP contribution in [0.3, 0.4) is 0 Å². The van der Waals surface area contributed by atoms with Crippen LogP contribution in [-0.4, -0.2) is 35.4 Å². The summed E-state index contributed by atoms with van der Waals surface area (Å²) >= 11 is 6.24. The quantitative estimate of drug-likeness (QED) is 0.599. The Balaban J connectivity index is 1.73. The molecule has 172 valence electrons. The minimum Gasteiger partial charge on any atom is -0.484 e. The number of halogens is 1. The van der Waals surface area contributed by atoms with E-state index in [1.807, 2.05) is 57.2 Å². The number of ether oxygens (including phenoxy) is 1. The van der Waals surface area contributed by atoms with Gasteiger partial charge in [-0.15, -0.1) is 0 Å². The second kappa shape index (κ2) is 10.9. The van der Waals surface area contributed by atoms with Gasteiger partial charge in [-0.2, -0.15) is 0 Å². The van der Waals surface area contributed by atoms with E-state index in [1.54, 1.807) is 11.8 Å². The Hall–Kier alpha value is -2.53. The zero-order valence-corrected chi connectivity index (χ0v) is 20.2. The molecule has 2 aromatic rings. The van der Waals surface area contributed by atoms with E-state index in [9.17, 15) is 9.59 Å². The Labute approximate surface area is 196 Å². The molecule has 5 nitrogen and oxygen atoms in total. The van der Waals surface area contributed by atoms with E-state index < -0.39 is 6.04 Å². The van der Waals surface area contributed by atoms with Crippen LogP contribution in [0, 0.1) is 20.8 Å². The zero-order chi connectivity index (χ0) is 23.3. The Kier molecular flexibility index (Phi) is 8.19. The monoisotopic (exact) mass is 456 g/mol. The van der Waals surface area contributed by atoms with Crippen molar-refractivity contribution in [1.29, 1.82) is 0 Å². The molecule has 0 saturated heterocycles. The smallest absolute Gasteiger partial charge is 0.261 e. The summed E-state index contributed by atoms with van der Waals surface area (Å²) in [4.78, 5) is 27.7. The first-order valence-electron chi connectivity index (χ1n) is 11.3. The van der Waals surface area contributed by atoms with E-state index in [1.165, 1.54) is 0 Å². The van der Waals surface area contributed by atoms with Gasteiger partial charge in [0.15, 0.2) is 6.61 Å². The maximum Gasteiger partial charge on any atom is 0.261 e. The van der Waals surface area contributed by atoms with Gasteiger partial charge in [-0.1, -0.05) is 54.3 Å². The van der Waals surface area contributed by atoms with E-state index in [4.69, 9.17) is 16.3 Å². The van der Waals surface area contributed by atoms with Gasteiger partial charge in [0.2, 0.25) is 5.91 Å². The fourth-order valence-corrected chi connectivity index (χ4v) is 4.19. The molecule has 0 aliphatic heterocycles. The van der Waals surface area contributed by atoms with Crippen molar-refractivity contribution in [2.45, 2.75) is 72.0 Å². The van der Waals surface area contributed by atoms with Gasteiger partial charge >= 0.3 is 0 Å². The van der Waals surface area contributed by atoms with Crippen molar-refractivity contribution in [2.24, 2.45) is 0 Å². The third-order valence-corrected chi connectivity index (χ3v) is 6.71. The fraction of sp³-hybridized carbons (Fsp3) is 0.462. The van der Waals surface area contributed by atoms with Gasteiger partial charge in [-0.25, -0.2) is 0 Å². The van der Waals surface area contributed by atoms with Gasteiger partial charge in [0.1, 0.15) is 11.8 Å². The van der Waals surface area contributed by atoms with E-state index in [-0.39, 0.29) is 24.5 Å². The van der Waals surface area contributed by atoms with E-state index in [0.717, 1.165) is 47.9 Å². The predicted octanol–water partition coefficient (Wildman–Crippen LogP) is 5.12. The number of carbonyl (C=O) groups excluding carboxylic acids is 2. The topological polar surface area (TPSA) is 58.6 Å². The molecule has 1 aliphatic rings. The summed E-state index contributed by atoms with van der Waals surface area (Å²) < 4.78 is 5.80. The first kappa shape index (κ1) is 24.1. The lowest BCUT2D eigenvalue weighted by molar-refractivity contribution is -0.142. The highest BCUT2D eigenvalue weighted by Gasteiger charge is 2.28. The van der Waals surface area contributed by atoms with Crippen LogP contribution >= 0.6 is 11.6 Å². The van der Waals surface area contributed by atoms with Crippen molar-refractivity contribution < 1.29 is 14.3 Å². The van der Waals surface area contributed by atoms with Crippen LogP contribution in [0.4, 0.5) is 0 Å². The highest BCUT2D eigenvalue weighted by molar-refractivity contribution is 6.32. The number of amides is 2. The third kappa shape index (κ3) is 6.26. The predicted molar refractivity (Wildman–Crippen MR) is 128 cm³/mol. The largest absolute Gasteiger partial charge is 0.484 e. The minimum absolute atomic E-state index is 0.115. The van der Waals surface area contributed by atoms with E-state index >= 15 is 0 Å². The molecule has 0 heterocycles. The van der Waals surface area contributed by atoms with Gasteiger partial charge in [0.05, 0.1) is 0 Å². The molecule has 0 bridgehead atoms. The normalized spacial score (nSPS) is 14.8. The number of benzene rings is 2. The van der Waals surface area contributed by atoms with Crippen molar-refractivity contribution in [2.75, 3.05) is 6.61 Å². The number of nitrogens with one attached hydrogen (secondary N) is 1. The van der Waals surface area contributed by atoms with Crippen LogP contribution in [0.1, 0.15) is 54.9 Å². The molecule has 0 spiro atoms. The Morgan fingerprint density at radius 3 is 2.28 bits per heavy atom. The van der Waals surface area contributed by atoms with Gasteiger partial charge in [-0.05, 0) is 69.4 Å². The van der Waals surface area contributed by atoms with Crippen LogP contribution in [0.15, 0.2) is 36.4 Å². The third-order valence-electron chi connectivity index (χ3n) is 6.11. The molecule has 1 saturated carbocycles. The summed E-state index contributed by atoms with van der Waals surface area (Å²) in [6, 6.07) is 11.3. The molecular weight excluding hydrogens is 424 g/mol. The molecule has 3 rings (SSSR count). The van der Waals surface area contributed by atoms with E-state index in [0.29, 0.717) is 17.3 Å². The molecule has 2 amide bonds. The second-order valence-corrected chi connectivity index (χ2v) is 9.21. The van der Waals surface area contributed by atoms with Gasteiger partial charge < -0.3 is 15.0 Å². The maximum absolute atomic E-state index is 13.2. The molecule has 6 heteroatoms. The van der Waals surface area contributed by atoms with Crippen LogP contribution in [0.25, 0.3) is 0 Å². The van der Waals surface area contributed by atoms with Crippen LogP contribution in [0.5, 0.6) is 5.75 Å². The number of nitrogens with zero attached hydrogens (tertiary/aromatic N) is 1. The summed E-state index contributed by atoms with van der Waals surface area (Å²) in [6.45, 7) is 7.82. The number of aryl methyl sites for hydroxylation is 3. The molecule has 1 N–H and O–H groups in total. The molecule has 1 atom stereocenters. The average Bonchev–Trinajstić information content (AvgIpc) is 3.27. The lowest BCUT2D eigenvalue weighted by atomic mass is 10.1. The summed E-state index contributed by atoms with van der Waals surface area (Å²) in [6.07, 6.45) is 4.28. The number of hydrogen-bond donors (Lipinski definition) is 1. The van der Waals surface area contributed by atoms with Gasteiger partial charge in [0.25, 0.3) is 5.91 Å². The van der Waals surface area contributed by atoms with Crippen molar-refractivity contribution in [3.05, 3.63) is 63.7 Å². The average molecular weight is 457 g/mol. The van der Waals surface area contributed by atoms with Crippen molar-refractivity contribution in [1.82, 2.24) is 10.2 Å². The summed E-state index contributed by atoms with van der Waals surface area (Å²) in [7, 11) is 0. The van der Waals surface area contributed by atoms with Crippen molar-refractivity contribution in [3.63, 3.8) is 0 Å². The number of rotatable bonds is 8. The molecule has 2 aromatic carbocycles. The first-order valence-corrected chi connectivity index (χ1v) is 11.7. The van der Waals surface area contributed by atoms with Crippen LogP contribution in [-0.2, 0) is 16.1 Å². The van der Waals surface area contributed by atoms with Crippen molar-refractivity contribution in [3.8, 4) is 5.75 Å². The Bertz CT molecular complexity index is 929. The number of hydrogen-bond acceptors (Lipinski definition) is 3. The van der Waals surface area contributed by atoms with E-state index in [2.05, 4.69) is 5.32 Å². The maximum atomic E-state index is 13.2. The second-order valence-electron chi connectivity index (χ2n) is 8.83. The minimum atomic E-state index is -0.596. The molecule has 1 aliphatic carbocycles. The molecule has 1 fully saturated rings. The first-order chi connectivity index (χ1) is 15.2. The highest BCUT2D eigenvalue weighted by atomic mass is 35.5. The van der Waals surface area contributed by atoms with Crippen molar-refractivity contribution >= 4 is 23.4 Å². The summed E-state index contributed by atoms with van der Waals surface area (Å²) in [5.74, 6) is 0.247. The summed E-state index contributed by atoms with van der Waals surface area (Å²) in [5.41, 5.74) is 3.92. The highest BCUT2D eigenvalue weighted by Crippen LogP contribution is 2.26. The molecule has 1 unspecified atom stereocenters. The molecular formula is C26H33ClN2O3. The Morgan fingerprint density at radius 2 is 1.69 bits per heavy atom. The van der Waals surface area contributed by atoms with Crippen LogP contribution < -0.4 is 10.1 Å². The molecule has 32 heavy (non-hydrogen) atoms.